The van der Waals surface area contributed by atoms with E-state index in [1.54, 1.807) is 0 Å². The van der Waals surface area contributed by atoms with Crippen molar-refractivity contribution in [3.05, 3.63) is 35.4 Å². The average Bonchev–Trinajstić information content (AvgIpc) is 2.33. The van der Waals surface area contributed by atoms with Gasteiger partial charge in [-0.1, -0.05) is 31.2 Å². The largest absolute Gasteiger partial charge is 0.393 e. The summed E-state index contributed by atoms with van der Waals surface area (Å²) in [7, 11) is 0. The Morgan fingerprint density at radius 2 is 1.94 bits per heavy atom. The fourth-order valence-electron chi connectivity index (χ4n) is 2.19. The van der Waals surface area contributed by atoms with Crippen molar-refractivity contribution in [1.82, 2.24) is 0 Å². The molecule has 1 N–H and O–H groups in total. The molecule has 1 aliphatic heterocycles. The number of ether oxygens (including phenoxy) is 1. The second-order valence-corrected chi connectivity index (χ2v) is 4.57. The van der Waals surface area contributed by atoms with Gasteiger partial charge in [0.05, 0.1) is 12.7 Å². The molecule has 0 aliphatic carbocycles. The molecule has 1 aliphatic rings. The number of aliphatic hydroxyl groups is 1. The zero-order chi connectivity index (χ0) is 11.4. The molecule has 0 aromatic heterocycles. The molecule has 1 aromatic carbocycles. The van der Waals surface area contributed by atoms with Gasteiger partial charge in [-0.3, -0.25) is 0 Å². The maximum atomic E-state index is 9.85. The van der Waals surface area contributed by atoms with Crippen LogP contribution in [-0.2, 0) is 17.6 Å². The first-order valence-corrected chi connectivity index (χ1v) is 6.13. The van der Waals surface area contributed by atoms with E-state index < -0.39 is 0 Å². The summed E-state index contributed by atoms with van der Waals surface area (Å²) in [4.78, 5) is 0. The van der Waals surface area contributed by atoms with E-state index in [9.17, 15) is 5.11 Å². The molecule has 2 heteroatoms. The van der Waals surface area contributed by atoms with Gasteiger partial charge in [0.25, 0.3) is 0 Å². The van der Waals surface area contributed by atoms with Gasteiger partial charge < -0.3 is 9.84 Å². The van der Waals surface area contributed by atoms with E-state index in [2.05, 4.69) is 31.2 Å². The molecule has 2 unspecified atom stereocenters. The maximum absolute atomic E-state index is 9.85. The van der Waals surface area contributed by atoms with E-state index in [0.29, 0.717) is 13.2 Å². The normalized spacial score (nSPS) is 25.6. The van der Waals surface area contributed by atoms with Crippen LogP contribution in [-0.4, -0.2) is 24.4 Å². The van der Waals surface area contributed by atoms with Crippen molar-refractivity contribution in [2.24, 2.45) is 5.92 Å². The van der Waals surface area contributed by atoms with Crippen LogP contribution in [0.2, 0.25) is 0 Å². The second-order valence-electron chi connectivity index (χ2n) is 4.57. The lowest BCUT2D eigenvalue weighted by Gasteiger charge is -2.27. The predicted molar refractivity (Wildman–Crippen MR) is 64.5 cm³/mol. The topological polar surface area (TPSA) is 29.5 Å². The van der Waals surface area contributed by atoms with E-state index in [1.807, 2.05) is 0 Å². The maximum Gasteiger partial charge on any atom is 0.0615 e. The summed E-state index contributed by atoms with van der Waals surface area (Å²) in [6, 6.07) is 8.68. The Kier molecular flexibility index (Phi) is 3.97. The zero-order valence-corrected chi connectivity index (χ0v) is 9.86. The Morgan fingerprint density at radius 3 is 2.56 bits per heavy atom. The molecule has 1 fully saturated rings. The molecule has 2 atom stereocenters. The summed E-state index contributed by atoms with van der Waals surface area (Å²) in [5.74, 6) is 0.265. The average molecular weight is 220 g/mol. The van der Waals surface area contributed by atoms with Gasteiger partial charge in [0.1, 0.15) is 0 Å². The van der Waals surface area contributed by atoms with Crippen molar-refractivity contribution in [2.75, 3.05) is 13.2 Å². The zero-order valence-electron chi connectivity index (χ0n) is 9.86. The summed E-state index contributed by atoms with van der Waals surface area (Å²) < 4.78 is 5.41. The van der Waals surface area contributed by atoms with Gasteiger partial charge in [0, 0.05) is 12.5 Å². The molecule has 1 saturated heterocycles. The van der Waals surface area contributed by atoms with Crippen LogP contribution in [0.1, 0.15) is 24.5 Å². The highest BCUT2D eigenvalue weighted by molar-refractivity contribution is 5.23. The second kappa shape index (κ2) is 5.46. The van der Waals surface area contributed by atoms with Crippen molar-refractivity contribution in [1.29, 1.82) is 0 Å². The van der Waals surface area contributed by atoms with Crippen molar-refractivity contribution in [2.45, 2.75) is 32.3 Å². The minimum atomic E-state index is -0.195. The van der Waals surface area contributed by atoms with Crippen LogP contribution in [0.25, 0.3) is 0 Å². The fourth-order valence-corrected chi connectivity index (χ4v) is 2.19. The molecule has 0 amide bonds. The molecule has 2 rings (SSSR count). The van der Waals surface area contributed by atoms with Crippen molar-refractivity contribution in [3.8, 4) is 0 Å². The number of hydrogen-bond donors (Lipinski definition) is 1. The highest BCUT2D eigenvalue weighted by Crippen LogP contribution is 2.19. The van der Waals surface area contributed by atoms with Crippen molar-refractivity contribution in [3.63, 3.8) is 0 Å². The Hall–Kier alpha value is -0.860. The van der Waals surface area contributed by atoms with Crippen LogP contribution in [0.5, 0.6) is 0 Å². The van der Waals surface area contributed by atoms with Gasteiger partial charge in [-0.05, 0) is 30.4 Å². The number of benzene rings is 1. The van der Waals surface area contributed by atoms with Crippen molar-refractivity contribution < 1.29 is 9.84 Å². The lowest BCUT2D eigenvalue weighted by molar-refractivity contribution is -0.0350. The minimum Gasteiger partial charge on any atom is -0.393 e. The molecular weight excluding hydrogens is 200 g/mol. The molecule has 0 spiro atoms. The standard InChI is InChI=1S/C14H20O2/c1-2-11-3-5-12(6-4-11)9-13-10-16-8-7-14(13)15/h3-6,13-15H,2,7-10H2,1H3. The van der Waals surface area contributed by atoms with Crippen LogP contribution < -0.4 is 0 Å². The first kappa shape index (κ1) is 11.6. The quantitative estimate of drug-likeness (QED) is 0.846. The van der Waals surface area contributed by atoms with Gasteiger partial charge in [0.15, 0.2) is 0 Å². The number of hydrogen-bond acceptors (Lipinski definition) is 2. The van der Waals surface area contributed by atoms with E-state index in [0.717, 1.165) is 19.3 Å². The molecule has 1 heterocycles. The lowest BCUT2D eigenvalue weighted by Crippen LogP contribution is -2.33. The van der Waals surface area contributed by atoms with Crippen LogP contribution in [0.15, 0.2) is 24.3 Å². The molecule has 2 nitrogen and oxygen atoms in total. The Balaban J connectivity index is 1.96. The summed E-state index contributed by atoms with van der Waals surface area (Å²) in [5, 5.41) is 9.85. The summed E-state index contributed by atoms with van der Waals surface area (Å²) in [5.41, 5.74) is 2.66. The summed E-state index contributed by atoms with van der Waals surface area (Å²) in [6.07, 6.45) is 2.58. The number of rotatable bonds is 3. The molecule has 16 heavy (non-hydrogen) atoms. The van der Waals surface area contributed by atoms with Crippen molar-refractivity contribution >= 4 is 0 Å². The van der Waals surface area contributed by atoms with E-state index in [4.69, 9.17) is 4.74 Å². The predicted octanol–water partition coefficient (Wildman–Crippen LogP) is 2.19. The van der Waals surface area contributed by atoms with Crippen LogP contribution in [0.4, 0.5) is 0 Å². The highest BCUT2D eigenvalue weighted by Gasteiger charge is 2.23. The highest BCUT2D eigenvalue weighted by atomic mass is 16.5. The Bertz CT molecular complexity index is 318. The third-order valence-electron chi connectivity index (χ3n) is 3.36. The Labute approximate surface area is 97.3 Å². The minimum absolute atomic E-state index is 0.195. The summed E-state index contributed by atoms with van der Waals surface area (Å²) >= 11 is 0. The van der Waals surface area contributed by atoms with Gasteiger partial charge in [-0.2, -0.15) is 0 Å². The molecule has 88 valence electrons. The number of aryl methyl sites for hydroxylation is 1. The molecule has 1 aromatic rings. The first-order valence-electron chi connectivity index (χ1n) is 6.13. The SMILES string of the molecule is CCc1ccc(CC2COCCC2O)cc1. The van der Waals surface area contributed by atoms with E-state index in [-0.39, 0.29) is 12.0 Å². The van der Waals surface area contributed by atoms with Gasteiger partial charge in [-0.15, -0.1) is 0 Å². The Morgan fingerprint density at radius 1 is 1.25 bits per heavy atom. The van der Waals surface area contributed by atoms with Gasteiger partial charge in [-0.25, -0.2) is 0 Å². The number of aliphatic hydroxyl groups excluding tert-OH is 1. The van der Waals surface area contributed by atoms with Crippen LogP contribution in [0, 0.1) is 5.92 Å². The smallest absolute Gasteiger partial charge is 0.0615 e. The summed E-state index contributed by atoms with van der Waals surface area (Å²) in [6.45, 7) is 3.55. The van der Waals surface area contributed by atoms with Crippen LogP contribution >= 0.6 is 0 Å². The van der Waals surface area contributed by atoms with E-state index >= 15 is 0 Å². The fraction of sp³-hybridized carbons (Fsp3) is 0.571. The molecule has 0 bridgehead atoms. The lowest BCUT2D eigenvalue weighted by atomic mass is 9.91. The monoisotopic (exact) mass is 220 g/mol. The molecule has 0 radical (unpaired) electrons. The third kappa shape index (κ3) is 2.83. The molecular formula is C14H20O2. The van der Waals surface area contributed by atoms with Crippen LogP contribution in [0.3, 0.4) is 0 Å². The first-order chi connectivity index (χ1) is 7.79. The molecule has 0 saturated carbocycles. The van der Waals surface area contributed by atoms with Gasteiger partial charge >= 0.3 is 0 Å². The third-order valence-corrected chi connectivity index (χ3v) is 3.36. The van der Waals surface area contributed by atoms with Gasteiger partial charge in [0.2, 0.25) is 0 Å². The van der Waals surface area contributed by atoms with E-state index in [1.165, 1.54) is 11.1 Å².